The Hall–Kier alpha value is -2.29. The number of nitrogens with zero attached hydrogens (tertiary/aromatic N) is 3. The van der Waals surface area contributed by atoms with Gasteiger partial charge in [0.15, 0.2) is 9.84 Å². The Morgan fingerprint density at radius 1 is 1.28 bits per heavy atom. The van der Waals surface area contributed by atoms with Crippen LogP contribution in [0.25, 0.3) is 0 Å². The normalized spacial score (nSPS) is 11.2. The van der Waals surface area contributed by atoms with Gasteiger partial charge in [-0.05, 0) is 29.5 Å². The number of sulfone groups is 1. The molecule has 2 N–H and O–H groups in total. The van der Waals surface area contributed by atoms with Gasteiger partial charge >= 0.3 is 0 Å². The third-order valence-corrected chi connectivity index (χ3v) is 3.22. The second kappa shape index (κ2) is 4.53. The third-order valence-electron chi connectivity index (χ3n) is 2.09. The Morgan fingerprint density at radius 2 is 1.94 bits per heavy atom. The molecule has 0 saturated carbocycles. The number of amides is 1. The molecule has 0 aliphatic rings. The smallest absolute Gasteiger partial charge is 0.297 e. The van der Waals surface area contributed by atoms with Gasteiger partial charge in [0.2, 0.25) is 0 Å². The van der Waals surface area contributed by atoms with Crippen LogP contribution < -0.4 is 5.32 Å². The number of anilines is 1. The lowest BCUT2D eigenvalue weighted by Gasteiger charge is -2.03. The minimum absolute atomic E-state index is 0.0952. The van der Waals surface area contributed by atoms with Crippen molar-refractivity contribution in [2.75, 3.05) is 11.6 Å². The SMILES string of the molecule is CS(=O)(=O)c1ccc(NC(=O)c2nn[nH]n2)cc1. The van der Waals surface area contributed by atoms with E-state index in [0.29, 0.717) is 5.69 Å². The minimum Gasteiger partial charge on any atom is -0.319 e. The fourth-order valence-corrected chi connectivity index (χ4v) is 1.86. The summed E-state index contributed by atoms with van der Waals surface area (Å²) in [6.45, 7) is 0. The van der Waals surface area contributed by atoms with Gasteiger partial charge in [-0.1, -0.05) is 0 Å². The van der Waals surface area contributed by atoms with Crippen LogP contribution in [0.15, 0.2) is 29.2 Å². The molecule has 0 radical (unpaired) electrons. The predicted molar refractivity (Wildman–Crippen MR) is 61.7 cm³/mol. The Morgan fingerprint density at radius 3 is 2.44 bits per heavy atom. The molecule has 0 spiro atoms. The van der Waals surface area contributed by atoms with E-state index >= 15 is 0 Å². The number of carbonyl (C=O) groups is 1. The van der Waals surface area contributed by atoms with Gasteiger partial charge in [0.05, 0.1) is 4.90 Å². The first kappa shape index (κ1) is 12.2. The summed E-state index contributed by atoms with van der Waals surface area (Å²) in [4.78, 5) is 11.7. The van der Waals surface area contributed by atoms with Crippen molar-refractivity contribution in [2.45, 2.75) is 4.90 Å². The highest BCUT2D eigenvalue weighted by molar-refractivity contribution is 7.90. The quantitative estimate of drug-likeness (QED) is 0.798. The number of rotatable bonds is 3. The number of aromatic nitrogens is 4. The second-order valence-electron chi connectivity index (χ2n) is 3.49. The third kappa shape index (κ3) is 2.69. The van der Waals surface area contributed by atoms with Crippen LogP contribution in [-0.4, -0.2) is 41.2 Å². The second-order valence-corrected chi connectivity index (χ2v) is 5.50. The highest BCUT2D eigenvalue weighted by atomic mass is 32.2. The molecule has 1 heterocycles. The topological polar surface area (TPSA) is 118 Å². The van der Waals surface area contributed by atoms with Crippen molar-refractivity contribution in [3.8, 4) is 0 Å². The number of nitrogens with one attached hydrogen (secondary N) is 2. The van der Waals surface area contributed by atoms with Crippen LogP contribution in [0.5, 0.6) is 0 Å². The zero-order valence-corrected chi connectivity index (χ0v) is 10.1. The minimum atomic E-state index is -3.24. The van der Waals surface area contributed by atoms with Crippen molar-refractivity contribution in [1.82, 2.24) is 20.6 Å². The molecule has 9 heteroatoms. The summed E-state index contributed by atoms with van der Waals surface area (Å²) >= 11 is 0. The van der Waals surface area contributed by atoms with E-state index in [0.717, 1.165) is 6.26 Å². The van der Waals surface area contributed by atoms with E-state index < -0.39 is 15.7 Å². The molecule has 8 nitrogen and oxygen atoms in total. The van der Waals surface area contributed by atoms with E-state index in [1.807, 2.05) is 0 Å². The molecule has 0 aliphatic carbocycles. The first-order valence-electron chi connectivity index (χ1n) is 4.82. The molecule has 1 aromatic heterocycles. The van der Waals surface area contributed by atoms with Crippen molar-refractivity contribution < 1.29 is 13.2 Å². The van der Waals surface area contributed by atoms with Crippen molar-refractivity contribution >= 4 is 21.4 Å². The van der Waals surface area contributed by atoms with Crippen LogP contribution in [-0.2, 0) is 9.84 Å². The molecule has 2 rings (SSSR count). The van der Waals surface area contributed by atoms with Gasteiger partial charge in [-0.2, -0.15) is 5.21 Å². The number of H-pyrrole nitrogens is 1. The van der Waals surface area contributed by atoms with Crippen LogP contribution >= 0.6 is 0 Å². The average Bonchev–Trinajstić information content (AvgIpc) is 2.82. The molecule has 0 atom stereocenters. The van der Waals surface area contributed by atoms with Gasteiger partial charge in [0.1, 0.15) is 0 Å². The number of tetrazole rings is 1. The van der Waals surface area contributed by atoms with E-state index in [1.165, 1.54) is 24.3 Å². The maximum absolute atomic E-state index is 11.5. The average molecular weight is 267 g/mol. The predicted octanol–water partition coefficient (Wildman–Crippen LogP) is -0.145. The first-order chi connectivity index (χ1) is 8.47. The summed E-state index contributed by atoms with van der Waals surface area (Å²) in [5, 5.41) is 14.9. The van der Waals surface area contributed by atoms with E-state index in [4.69, 9.17) is 0 Å². The maximum atomic E-state index is 11.5. The fraction of sp³-hybridized carbons (Fsp3) is 0.111. The van der Waals surface area contributed by atoms with Crippen molar-refractivity contribution in [2.24, 2.45) is 0 Å². The van der Waals surface area contributed by atoms with Gasteiger partial charge in [0.25, 0.3) is 11.7 Å². The lowest BCUT2D eigenvalue weighted by Crippen LogP contribution is -2.13. The molecule has 0 aliphatic heterocycles. The fourth-order valence-electron chi connectivity index (χ4n) is 1.23. The molecule has 0 fully saturated rings. The van der Waals surface area contributed by atoms with E-state index in [2.05, 4.69) is 25.9 Å². The Balaban J connectivity index is 2.14. The molecule has 0 bridgehead atoms. The number of hydrogen-bond donors (Lipinski definition) is 2. The standard InChI is InChI=1S/C9H9N5O3S/c1-18(16,17)7-4-2-6(3-5-7)10-9(15)8-11-13-14-12-8/h2-5H,1H3,(H,10,15)(H,11,12,13,14). The van der Waals surface area contributed by atoms with Crippen molar-refractivity contribution in [3.63, 3.8) is 0 Å². The number of aromatic amines is 1. The Labute approximate surface area is 102 Å². The first-order valence-corrected chi connectivity index (χ1v) is 6.71. The van der Waals surface area contributed by atoms with Gasteiger partial charge in [-0.25, -0.2) is 8.42 Å². The molecule has 2 aromatic rings. The van der Waals surface area contributed by atoms with Crippen LogP contribution in [0.3, 0.4) is 0 Å². The van der Waals surface area contributed by atoms with Crippen molar-refractivity contribution in [1.29, 1.82) is 0 Å². The van der Waals surface area contributed by atoms with Crippen molar-refractivity contribution in [3.05, 3.63) is 30.1 Å². The lowest BCUT2D eigenvalue weighted by atomic mass is 10.3. The lowest BCUT2D eigenvalue weighted by molar-refractivity contribution is 0.101. The molecular weight excluding hydrogens is 258 g/mol. The van der Waals surface area contributed by atoms with Crippen LogP contribution in [0.2, 0.25) is 0 Å². The van der Waals surface area contributed by atoms with E-state index in [9.17, 15) is 13.2 Å². The molecule has 1 aromatic carbocycles. The summed E-state index contributed by atoms with van der Waals surface area (Å²) in [7, 11) is -3.24. The number of hydrogen-bond acceptors (Lipinski definition) is 6. The summed E-state index contributed by atoms with van der Waals surface area (Å²) in [6, 6.07) is 5.77. The Kier molecular flexibility index (Phi) is 3.06. The Bertz CT molecular complexity index is 648. The summed E-state index contributed by atoms with van der Waals surface area (Å²) in [6.07, 6.45) is 1.11. The van der Waals surface area contributed by atoms with Crippen LogP contribution in [0, 0.1) is 0 Å². The van der Waals surface area contributed by atoms with Gasteiger partial charge < -0.3 is 5.32 Å². The van der Waals surface area contributed by atoms with Crippen LogP contribution in [0.1, 0.15) is 10.6 Å². The molecule has 0 saturated heterocycles. The van der Waals surface area contributed by atoms with Gasteiger partial charge in [-0.3, -0.25) is 4.79 Å². The summed E-state index contributed by atoms with van der Waals surface area (Å²) in [5.41, 5.74) is 0.442. The van der Waals surface area contributed by atoms with Gasteiger partial charge in [-0.15, -0.1) is 10.2 Å². The van der Waals surface area contributed by atoms with Crippen LogP contribution in [0.4, 0.5) is 5.69 Å². The molecule has 94 valence electrons. The molecular formula is C9H9N5O3S. The molecule has 0 unspecified atom stereocenters. The zero-order chi connectivity index (χ0) is 13.2. The highest BCUT2D eigenvalue weighted by Crippen LogP contribution is 2.14. The monoisotopic (exact) mass is 267 g/mol. The largest absolute Gasteiger partial charge is 0.319 e. The number of benzene rings is 1. The van der Waals surface area contributed by atoms with Gasteiger partial charge in [0, 0.05) is 11.9 Å². The molecule has 1 amide bonds. The number of carbonyl (C=O) groups excluding carboxylic acids is 1. The maximum Gasteiger partial charge on any atom is 0.297 e. The summed E-state index contributed by atoms with van der Waals surface area (Å²) in [5.74, 6) is -0.627. The summed E-state index contributed by atoms with van der Waals surface area (Å²) < 4.78 is 22.5. The van der Waals surface area contributed by atoms with E-state index in [-0.39, 0.29) is 10.7 Å². The van der Waals surface area contributed by atoms with E-state index in [1.54, 1.807) is 0 Å². The highest BCUT2D eigenvalue weighted by Gasteiger charge is 2.11. The zero-order valence-electron chi connectivity index (χ0n) is 9.28. The molecule has 18 heavy (non-hydrogen) atoms.